The van der Waals surface area contributed by atoms with Gasteiger partial charge in [0.25, 0.3) is 11.8 Å². The summed E-state index contributed by atoms with van der Waals surface area (Å²) in [5, 5.41) is 0.0903. The lowest BCUT2D eigenvalue weighted by Gasteiger charge is -2.35. The first kappa shape index (κ1) is 21.2. The molecule has 1 aliphatic rings. The van der Waals surface area contributed by atoms with E-state index in [-0.39, 0.29) is 22.4 Å². The highest BCUT2D eigenvalue weighted by Gasteiger charge is 2.28. The summed E-state index contributed by atoms with van der Waals surface area (Å²) in [7, 11) is 0. The zero-order valence-corrected chi connectivity index (χ0v) is 18.2. The van der Waals surface area contributed by atoms with Crippen LogP contribution in [0.1, 0.15) is 37.9 Å². The van der Waals surface area contributed by atoms with Gasteiger partial charge in [0.15, 0.2) is 0 Å². The van der Waals surface area contributed by atoms with Crippen LogP contribution in [0.5, 0.6) is 0 Å². The molecule has 2 aromatic heterocycles. The molecule has 8 heteroatoms. The average molecular weight is 444 g/mol. The van der Waals surface area contributed by atoms with Crippen molar-refractivity contribution in [1.29, 1.82) is 0 Å². The first-order valence-electron chi connectivity index (χ1n) is 10.1. The SMILES string of the molecule is Cc1cc(C(=O)N2CCN(C(=O)c3ccc(F)cc3Cl)CC2)c(C)n1Cc1ccco1. The maximum absolute atomic E-state index is 13.3. The summed E-state index contributed by atoms with van der Waals surface area (Å²) in [5.41, 5.74) is 2.79. The Bertz CT molecular complexity index is 1120. The normalized spacial score (nSPS) is 14.2. The summed E-state index contributed by atoms with van der Waals surface area (Å²) in [6, 6.07) is 9.39. The molecule has 3 aromatic rings. The lowest BCUT2D eigenvalue weighted by atomic mass is 10.1. The first-order valence-corrected chi connectivity index (χ1v) is 10.5. The van der Waals surface area contributed by atoms with E-state index in [4.69, 9.17) is 16.0 Å². The van der Waals surface area contributed by atoms with E-state index in [2.05, 4.69) is 4.57 Å². The Labute approximate surface area is 184 Å². The van der Waals surface area contributed by atoms with Crippen LogP contribution in [-0.4, -0.2) is 52.4 Å². The second kappa shape index (κ2) is 8.59. The molecule has 0 N–H and O–H groups in total. The molecule has 6 nitrogen and oxygen atoms in total. The molecule has 0 unspecified atom stereocenters. The number of hydrogen-bond acceptors (Lipinski definition) is 3. The average Bonchev–Trinajstić information content (AvgIpc) is 3.37. The zero-order valence-electron chi connectivity index (χ0n) is 17.4. The highest BCUT2D eigenvalue weighted by molar-refractivity contribution is 6.33. The highest BCUT2D eigenvalue weighted by atomic mass is 35.5. The zero-order chi connectivity index (χ0) is 22.1. The van der Waals surface area contributed by atoms with Gasteiger partial charge < -0.3 is 18.8 Å². The van der Waals surface area contributed by atoms with Crippen LogP contribution in [0.15, 0.2) is 47.1 Å². The third-order valence-corrected chi connectivity index (χ3v) is 6.03. The minimum Gasteiger partial charge on any atom is -0.467 e. The van der Waals surface area contributed by atoms with Gasteiger partial charge in [0.1, 0.15) is 11.6 Å². The number of aromatic nitrogens is 1. The Morgan fingerprint density at radius 1 is 1.00 bits per heavy atom. The molecule has 2 amide bonds. The Balaban J connectivity index is 1.43. The predicted molar refractivity (Wildman–Crippen MR) is 115 cm³/mol. The van der Waals surface area contributed by atoms with Gasteiger partial charge in [-0.05, 0) is 50.2 Å². The second-order valence-corrected chi connectivity index (χ2v) is 8.07. The number of piperazine rings is 1. The molecule has 162 valence electrons. The van der Waals surface area contributed by atoms with Crippen LogP contribution >= 0.6 is 11.6 Å². The van der Waals surface area contributed by atoms with Crippen LogP contribution in [0.3, 0.4) is 0 Å². The molecule has 1 saturated heterocycles. The quantitative estimate of drug-likeness (QED) is 0.609. The number of furan rings is 1. The molecule has 0 spiro atoms. The summed E-state index contributed by atoms with van der Waals surface area (Å²) < 4.78 is 20.8. The molecule has 0 atom stereocenters. The van der Waals surface area contributed by atoms with Gasteiger partial charge in [-0.3, -0.25) is 9.59 Å². The monoisotopic (exact) mass is 443 g/mol. The number of aryl methyl sites for hydroxylation is 1. The number of halogens is 2. The van der Waals surface area contributed by atoms with Crippen LogP contribution < -0.4 is 0 Å². The van der Waals surface area contributed by atoms with Crippen molar-refractivity contribution in [2.45, 2.75) is 20.4 Å². The van der Waals surface area contributed by atoms with Crippen molar-refractivity contribution in [2.24, 2.45) is 0 Å². The highest BCUT2D eigenvalue weighted by Crippen LogP contribution is 2.22. The number of benzene rings is 1. The summed E-state index contributed by atoms with van der Waals surface area (Å²) in [5.74, 6) is 0.0356. The van der Waals surface area contributed by atoms with Gasteiger partial charge >= 0.3 is 0 Å². The predicted octanol–water partition coefficient (Wildman–Crippen LogP) is 4.14. The van der Waals surface area contributed by atoms with Crippen LogP contribution in [-0.2, 0) is 6.54 Å². The first-order chi connectivity index (χ1) is 14.8. The molecule has 3 heterocycles. The molecule has 31 heavy (non-hydrogen) atoms. The third-order valence-electron chi connectivity index (χ3n) is 5.71. The van der Waals surface area contributed by atoms with E-state index in [1.54, 1.807) is 16.1 Å². The molecule has 4 rings (SSSR count). The topological polar surface area (TPSA) is 58.7 Å². The van der Waals surface area contributed by atoms with Gasteiger partial charge in [-0.15, -0.1) is 0 Å². The largest absolute Gasteiger partial charge is 0.467 e. The fraction of sp³-hybridized carbons (Fsp3) is 0.304. The van der Waals surface area contributed by atoms with E-state index < -0.39 is 5.82 Å². The molecule has 1 aromatic carbocycles. The van der Waals surface area contributed by atoms with E-state index in [0.717, 1.165) is 23.2 Å². The Morgan fingerprint density at radius 3 is 2.23 bits per heavy atom. The Hall–Kier alpha value is -3.06. The Kier molecular flexibility index (Phi) is 5.87. The van der Waals surface area contributed by atoms with Gasteiger partial charge in [-0.1, -0.05) is 11.6 Å². The van der Waals surface area contributed by atoms with Crippen molar-refractivity contribution in [3.63, 3.8) is 0 Å². The molecular weight excluding hydrogens is 421 g/mol. The maximum Gasteiger partial charge on any atom is 0.255 e. The molecule has 1 aliphatic heterocycles. The molecule has 1 fully saturated rings. The van der Waals surface area contributed by atoms with Crippen molar-refractivity contribution >= 4 is 23.4 Å². The molecule has 0 radical (unpaired) electrons. The van der Waals surface area contributed by atoms with Crippen LogP contribution in [0.4, 0.5) is 4.39 Å². The number of carbonyl (C=O) groups excluding carboxylic acids is 2. The minimum absolute atomic E-state index is 0.0503. The van der Waals surface area contributed by atoms with E-state index in [0.29, 0.717) is 38.3 Å². The molecule has 0 aliphatic carbocycles. The number of amides is 2. The third kappa shape index (κ3) is 4.23. The number of hydrogen-bond donors (Lipinski definition) is 0. The molecular formula is C23H23ClFN3O3. The summed E-state index contributed by atoms with van der Waals surface area (Å²) in [6.07, 6.45) is 1.63. The van der Waals surface area contributed by atoms with Crippen molar-refractivity contribution in [3.05, 3.63) is 81.8 Å². The van der Waals surface area contributed by atoms with Gasteiger partial charge in [0.2, 0.25) is 0 Å². The van der Waals surface area contributed by atoms with E-state index in [1.807, 2.05) is 32.0 Å². The van der Waals surface area contributed by atoms with Gasteiger partial charge in [-0.2, -0.15) is 0 Å². The van der Waals surface area contributed by atoms with E-state index >= 15 is 0 Å². The van der Waals surface area contributed by atoms with Crippen molar-refractivity contribution < 1.29 is 18.4 Å². The van der Waals surface area contributed by atoms with Crippen molar-refractivity contribution in [1.82, 2.24) is 14.4 Å². The number of carbonyl (C=O) groups is 2. The van der Waals surface area contributed by atoms with Crippen LogP contribution in [0.25, 0.3) is 0 Å². The smallest absolute Gasteiger partial charge is 0.255 e. The lowest BCUT2D eigenvalue weighted by molar-refractivity contribution is 0.0535. The fourth-order valence-corrected chi connectivity index (χ4v) is 4.18. The minimum atomic E-state index is -0.485. The second-order valence-electron chi connectivity index (χ2n) is 7.66. The van der Waals surface area contributed by atoms with Crippen LogP contribution in [0, 0.1) is 19.7 Å². The number of rotatable bonds is 4. The molecule has 0 saturated carbocycles. The summed E-state index contributed by atoms with van der Waals surface area (Å²) in [4.78, 5) is 29.3. The van der Waals surface area contributed by atoms with Gasteiger partial charge in [-0.25, -0.2) is 4.39 Å². The van der Waals surface area contributed by atoms with E-state index in [1.165, 1.54) is 12.1 Å². The lowest BCUT2D eigenvalue weighted by Crippen LogP contribution is -2.50. The maximum atomic E-state index is 13.3. The standard InChI is InChI=1S/C23H23ClFN3O3/c1-15-12-20(16(2)28(15)14-18-4-3-11-31-18)23(30)27-9-7-26(8-10-27)22(29)19-6-5-17(25)13-21(19)24/h3-6,11-13H,7-10,14H2,1-2H3. The van der Waals surface area contributed by atoms with Gasteiger partial charge in [0.05, 0.1) is 29.0 Å². The van der Waals surface area contributed by atoms with Crippen molar-refractivity contribution in [2.75, 3.05) is 26.2 Å². The summed E-state index contributed by atoms with van der Waals surface area (Å²) >= 11 is 6.03. The Morgan fingerprint density at radius 2 is 1.65 bits per heavy atom. The van der Waals surface area contributed by atoms with Crippen molar-refractivity contribution in [3.8, 4) is 0 Å². The molecule has 0 bridgehead atoms. The van der Waals surface area contributed by atoms with E-state index in [9.17, 15) is 14.0 Å². The number of nitrogens with zero attached hydrogens (tertiary/aromatic N) is 3. The fourth-order valence-electron chi connectivity index (χ4n) is 3.94. The van der Waals surface area contributed by atoms with Crippen LogP contribution in [0.2, 0.25) is 5.02 Å². The summed E-state index contributed by atoms with van der Waals surface area (Å²) in [6.45, 7) is 6.09. The van der Waals surface area contributed by atoms with Gasteiger partial charge in [0, 0.05) is 37.6 Å².